The van der Waals surface area contributed by atoms with E-state index in [1.165, 1.54) is 0 Å². The second-order valence-electron chi connectivity index (χ2n) is 3.64. The van der Waals surface area contributed by atoms with Crippen molar-refractivity contribution in [2.45, 2.75) is 19.9 Å². The number of nitrogens with zero attached hydrogens (tertiary/aromatic N) is 3. The Bertz CT molecular complexity index is 481. The van der Waals surface area contributed by atoms with Crippen molar-refractivity contribution in [3.8, 4) is 11.6 Å². The molecule has 2 aromatic rings. The predicted molar refractivity (Wildman–Crippen MR) is 65.0 cm³/mol. The van der Waals surface area contributed by atoms with E-state index in [-0.39, 0.29) is 0 Å². The topological polar surface area (TPSA) is 66.0 Å². The Labute approximate surface area is 100 Å². The third kappa shape index (κ3) is 2.82. The third-order valence-electron chi connectivity index (χ3n) is 2.41. The third-order valence-corrected chi connectivity index (χ3v) is 2.41. The van der Waals surface area contributed by atoms with E-state index in [2.05, 4.69) is 10.1 Å². The van der Waals surface area contributed by atoms with Gasteiger partial charge in [-0.1, -0.05) is 6.07 Å². The summed E-state index contributed by atoms with van der Waals surface area (Å²) in [5.41, 5.74) is 6.56. The van der Waals surface area contributed by atoms with Crippen LogP contribution in [0.4, 0.5) is 0 Å². The van der Waals surface area contributed by atoms with E-state index in [0.717, 1.165) is 18.5 Å². The van der Waals surface area contributed by atoms with E-state index in [4.69, 9.17) is 10.5 Å². The number of pyridine rings is 1. The van der Waals surface area contributed by atoms with Crippen molar-refractivity contribution in [1.82, 2.24) is 14.8 Å². The molecule has 0 saturated carbocycles. The Morgan fingerprint density at radius 1 is 1.47 bits per heavy atom. The maximum Gasteiger partial charge on any atom is 0.222 e. The standard InChI is InChI=1S/C12H16N4O/c1-2-16-9-11(8-15-16)17-12-10(5-6-13)4-3-7-14-12/h3-4,7-9H,2,5-6,13H2,1H3. The van der Waals surface area contributed by atoms with Crippen LogP contribution in [-0.2, 0) is 13.0 Å². The van der Waals surface area contributed by atoms with Crippen LogP contribution in [0.1, 0.15) is 12.5 Å². The van der Waals surface area contributed by atoms with Crippen molar-refractivity contribution in [3.05, 3.63) is 36.3 Å². The highest BCUT2D eigenvalue weighted by atomic mass is 16.5. The van der Waals surface area contributed by atoms with Crippen LogP contribution in [0.3, 0.4) is 0 Å². The maximum atomic E-state index is 5.69. The first-order chi connectivity index (χ1) is 8.33. The van der Waals surface area contributed by atoms with Crippen molar-refractivity contribution in [2.24, 2.45) is 5.73 Å². The molecule has 2 aromatic heterocycles. The molecular weight excluding hydrogens is 216 g/mol. The molecule has 0 amide bonds. The van der Waals surface area contributed by atoms with Gasteiger partial charge < -0.3 is 10.5 Å². The zero-order chi connectivity index (χ0) is 12.1. The van der Waals surface area contributed by atoms with E-state index in [9.17, 15) is 0 Å². The van der Waals surface area contributed by atoms with E-state index in [1.807, 2.05) is 25.3 Å². The molecule has 2 heterocycles. The van der Waals surface area contributed by atoms with Crippen molar-refractivity contribution < 1.29 is 4.74 Å². The van der Waals surface area contributed by atoms with Crippen LogP contribution in [0.25, 0.3) is 0 Å². The molecular formula is C12H16N4O. The van der Waals surface area contributed by atoms with Crippen LogP contribution >= 0.6 is 0 Å². The summed E-state index contributed by atoms with van der Waals surface area (Å²) in [5, 5.41) is 4.15. The molecule has 0 atom stereocenters. The van der Waals surface area contributed by atoms with Gasteiger partial charge in [-0.2, -0.15) is 5.10 Å². The zero-order valence-corrected chi connectivity index (χ0v) is 9.84. The average Bonchev–Trinajstić information content (AvgIpc) is 2.80. The Morgan fingerprint density at radius 3 is 3.06 bits per heavy atom. The van der Waals surface area contributed by atoms with Gasteiger partial charge >= 0.3 is 0 Å². The summed E-state index contributed by atoms with van der Waals surface area (Å²) in [5.74, 6) is 1.30. The fraction of sp³-hybridized carbons (Fsp3) is 0.333. The van der Waals surface area contributed by atoms with Crippen LogP contribution in [-0.4, -0.2) is 21.3 Å². The molecule has 0 unspecified atom stereocenters. The van der Waals surface area contributed by atoms with Crippen molar-refractivity contribution in [1.29, 1.82) is 0 Å². The second-order valence-corrected chi connectivity index (χ2v) is 3.64. The number of rotatable bonds is 5. The van der Waals surface area contributed by atoms with Crippen LogP contribution in [0.2, 0.25) is 0 Å². The van der Waals surface area contributed by atoms with Gasteiger partial charge in [-0.15, -0.1) is 0 Å². The van der Waals surface area contributed by atoms with Gasteiger partial charge in [0, 0.05) is 18.3 Å². The van der Waals surface area contributed by atoms with E-state index in [0.29, 0.717) is 18.2 Å². The van der Waals surface area contributed by atoms with Gasteiger partial charge in [0.15, 0.2) is 5.75 Å². The monoisotopic (exact) mass is 232 g/mol. The number of nitrogens with two attached hydrogens (primary N) is 1. The molecule has 2 N–H and O–H groups in total. The quantitative estimate of drug-likeness (QED) is 0.850. The first-order valence-corrected chi connectivity index (χ1v) is 5.67. The smallest absolute Gasteiger partial charge is 0.222 e. The molecule has 0 aliphatic heterocycles. The molecule has 5 heteroatoms. The number of aryl methyl sites for hydroxylation is 1. The Hall–Kier alpha value is -1.88. The predicted octanol–water partition coefficient (Wildman–Crippen LogP) is 1.59. The van der Waals surface area contributed by atoms with Gasteiger partial charge in [0.25, 0.3) is 0 Å². The Kier molecular flexibility index (Phi) is 3.72. The van der Waals surface area contributed by atoms with Crippen LogP contribution in [0, 0.1) is 0 Å². The van der Waals surface area contributed by atoms with Crippen LogP contribution < -0.4 is 10.5 Å². The minimum atomic E-state index is 0.580. The first-order valence-electron chi connectivity index (χ1n) is 5.67. The zero-order valence-electron chi connectivity index (χ0n) is 9.84. The largest absolute Gasteiger partial charge is 0.435 e. The SMILES string of the molecule is CCn1cc(Oc2ncccc2CCN)cn1. The van der Waals surface area contributed by atoms with Gasteiger partial charge in [0.2, 0.25) is 5.88 Å². The Morgan fingerprint density at radius 2 is 2.35 bits per heavy atom. The molecule has 17 heavy (non-hydrogen) atoms. The average molecular weight is 232 g/mol. The van der Waals surface area contributed by atoms with E-state index in [1.54, 1.807) is 17.1 Å². The lowest BCUT2D eigenvalue weighted by atomic mass is 10.2. The molecule has 0 bridgehead atoms. The lowest BCUT2D eigenvalue weighted by Gasteiger charge is -2.06. The molecule has 2 rings (SSSR count). The Balaban J connectivity index is 2.17. The van der Waals surface area contributed by atoms with Gasteiger partial charge in [-0.3, -0.25) is 4.68 Å². The summed E-state index contributed by atoms with van der Waals surface area (Å²) >= 11 is 0. The van der Waals surface area contributed by atoms with Crippen molar-refractivity contribution in [3.63, 3.8) is 0 Å². The van der Waals surface area contributed by atoms with Crippen LogP contribution in [0.15, 0.2) is 30.7 Å². The first kappa shape index (κ1) is 11.6. The van der Waals surface area contributed by atoms with Gasteiger partial charge in [-0.25, -0.2) is 4.98 Å². The summed E-state index contributed by atoms with van der Waals surface area (Å²) < 4.78 is 7.50. The van der Waals surface area contributed by atoms with Gasteiger partial charge in [0.05, 0.1) is 12.4 Å². The molecule has 5 nitrogen and oxygen atoms in total. The number of aromatic nitrogens is 3. The minimum absolute atomic E-state index is 0.580. The summed E-state index contributed by atoms with van der Waals surface area (Å²) in [6, 6.07) is 3.85. The highest BCUT2D eigenvalue weighted by Gasteiger charge is 2.06. The van der Waals surface area contributed by atoms with Crippen molar-refractivity contribution >= 4 is 0 Å². The molecule has 0 radical (unpaired) electrons. The number of hydrogen-bond acceptors (Lipinski definition) is 4. The number of ether oxygens (including phenoxy) is 1. The van der Waals surface area contributed by atoms with Gasteiger partial charge in [-0.05, 0) is 26.0 Å². The fourth-order valence-corrected chi connectivity index (χ4v) is 1.54. The summed E-state index contributed by atoms with van der Waals surface area (Å²) in [7, 11) is 0. The lowest BCUT2D eigenvalue weighted by molar-refractivity contribution is 0.455. The molecule has 0 fully saturated rings. The van der Waals surface area contributed by atoms with E-state index >= 15 is 0 Å². The minimum Gasteiger partial charge on any atom is -0.435 e. The van der Waals surface area contributed by atoms with E-state index < -0.39 is 0 Å². The van der Waals surface area contributed by atoms with Crippen molar-refractivity contribution in [2.75, 3.05) is 6.54 Å². The normalized spacial score (nSPS) is 10.5. The highest BCUT2D eigenvalue weighted by Crippen LogP contribution is 2.22. The van der Waals surface area contributed by atoms with Gasteiger partial charge in [0.1, 0.15) is 0 Å². The molecule has 0 aliphatic rings. The number of hydrogen-bond donors (Lipinski definition) is 1. The highest BCUT2D eigenvalue weighted by molar-refractivity contribution is 5.30. The van der Waals surface area contributed by atoms with Crippen LogP contribution in [0.5, 0.6) is 11.6 Å². The molecule has 0 aromatic carbocycles. The fourth-order valence-electron chi connectivity index (χ4n) is 1.54. The summed E-state index contributed by atoms with van der Waals surface area (Å²) in [6.07, 6.45) is 6.00. The molecule has 0 saturated heterocycles. The maximum absolute atomic E-state index is 5.69. The summed E-state index contributed by atoms with van der Waals surface area (Å²) in [6.45, 7) is 3.43. The lowest BCUT2D eigenvalue weighted by Crippen LogP contribution is -2.04. The second kappa shape index (κ2) is 5.45. The molecule has 0 spiro atoms. The summed E-state index contributed by atoms with van der Waals surface area (Å²) in [4.78, 5) is 4.21. The molecule has 0 aliphatic carbocycles. The molecule has 90 valence electrons.